The van der Waals surface area contributed by atoms with Crippen LogP contribution in [0.25, 0.3) is 0 Å². The molecule has 0 aliphatic heterocycles. The fraction of sp³-hybridized carbons (Fsp3) is 0.235. The maximum absolute atomic E-state index is 12.1. The number of carbonyl (C=O) groups excluding carboxylic acids is 1. The Balaban J connectivity index is 2.25. The minimum absolute atomic E-state index is 0.100. The first-order valence-electron chi connectivity index (χ1n) is 7.11. The highest BCUT2D eigenvalue weighted by Gasteiger charge is 2.13. The number of nitrogens with one attached hydrogen (secondary N) is 2. The lowest BCUT2D eigenvalue weighted by Crippen LogP contribution is -2.24. The summed E-state index contributed by atoms with van der Waals surface area (Å²) < 4.78 is 0. The van der Waals surface area contributed by atoms with E-state index in [4.69, 9.17) is 5.73 Å². The smallest absolute Gasteiger partial charge is 0.253 e. The molecule has 0 saturated carbocycles. The number of nitrogen functional groups attached to an aromatic ring is 1. The maximum Gasteiger partial charge on any atom is 0.253 e. The van der Waals surface area contributed by atoms with Crippen molar-refractivity contribution in [3.8, 4) is 0 Å². The molecule has 0 radical (unpaired) electrons. The standard InChI is InChI=1S/C17H21N3O/c1-3-19-17(21)15-11-14(18)9-10-16(15)20-12(2)13-7-5-4-6-8-13/h4-12,20H,3,18H2,1-2H3,(H,19,21)/t12-/m0/s1. The van der Waals surface area contributed by atoms with Gasteiger partial charge in [-0.2, -0.15) is 0 Å². The molecule has 4 heteroatoms. The topological polar surface area (TPSA) is 67.2 Å². The first-order chi connectivity index (χ1) is 10.1. The summed E-state index contributed by atoms with van der Waals surface area (Å²) in [4.78, 5) is 12.1. The average molecular weight is 283 g/mol. The fourth-order valence-electron chi connectivity index (χ4n) is 2.19. The molecule has 0 aromatic heterocycles. The molecule has 0 unspecified atom stereocenters. The monoisotopic (exact) mass is 283 g/mol. The van der Waals surface area contributed by atoms with Gasteiger partial charge in [0.05, 0.1) is 5.56 Å². The van der Waals surface area contributed by atoms with E-state index >= 15 is 0 Å². The largest absolute Gasteiger partial charge is 0.399 e. The lowest BCUT2D eigenvalue weighted by molar-refractivity contribution is 0.0956. The van der Waals surface area contributed by atoms with Gasteiger partial charge in [0.2, 0.25) is 0 Å². The van der Waals surface area contributed by atoms with Crippen molar-refractivity contribution in [1.82, 2.24) is 5.32 Å². The molecule has 110 valence electrons. The molecule has 0 spiro atoms. The number of rotatable bonds is 5. The van der Waals surface area contributed by atoms with Crippen molar-refractivity contribution in [3.63, 3.8) is 0 Å². The van der Waals surface area contributed by atoms with Gasteiger partial charge in [0.15, 0.2) is 0 Å². The van der Waals surface area contributed by atoms with E-state index in [1.807, 2.05) is 31.2 Å². The number of nitrogens with two attached hydrogens (primary N) is 1. The van der Waals surface area contributed by atoms with Crippen LogP contribution in [0.1, 0.15) is 35.8 Å². The van der Waals surface area contributed by atoms with E-state index in [0.29, 0.717) is 17.8 Å². The Morgan fingerprint density at radius 3 is 2.57 bits per heavy atom. The third kappa shape index (κ3) is 3.75. The van der Waals surface area contributed by atoms with Crippen LogP contribution in [-0.2, 0) is 0 Å². The van der Waals surface area contributed by atoms with E-state index in [1.165, 1.54) is 0 Å². The maximum atomic E-state index is 12.1. The van der Waals surface area contributed by atoms with Gasteiger partial charge >= 0.3 is 0 Å². The van der Waals surface area contributed by atoms with Crippen LogP contribution in [0.4, 0.5) is 11.4 Å². The highest BCUT2D eigenvalue weighted by molar-refractivity contribution is 6.00. The third-order valence-electron chi connectivity index (χ3n) is 3.30. The Morgan fingerprint density at radius 1 is 1.19 bits per heavy atom. The van der Waals surface area contributed by atoms with Gasteiger partial charge in [-0.15, -0.1) is 0 Å². The van der Waals surface area contributed by atoms with Gasteiger partial charge in [0.25, 0.3) is 5.91 Å². The van der Waals surface area contributed by atoms with Crippen LogP contribution >= 0.6 is 0 Å². The van der Waals surface area contributed by atoms with Crippen molar-refractivity contribution in [2.24, 2.45) is 0 Å². The van der Waals surface area contributed by atoms with E-state index in [1.54, 1.807) is 12.1 Å². The van der Waals surface area contributed by atoms with Crippen LogP contribution in [0.2, 0.25) is 0 Å². The van der Waals surface area contributed by atoms with Crippen LogP contribution < -0.4 is 16.4 Å². The Kier molecular flexibility index (Phi) is 4.82. The molecule has 2 aromatic carbocycles. The Bertz CT molecular complexity index is 611. The number of anilines is 2. The SMILES string of the molecule is CCNC(=O)c1cc(N)ccc1N[C@@H](C)c1ccccc1. The van der Waals surface area contributed by atoms with Crippen molar-refractivity contribution >= 4 is 17.3 Å². The minimum atomic E-state index is -0.118. The molecule has 0 heterocycles. The van der Waals surface area contributed by atoms with Gasteiger partial charge in [-0.3, -0.25) is 4.79 Å². The first kappa shape index (κ1) is 14.9. The molecule has 0 aliphatic carbocycles. The summed E-state index contributed by atoms with van der Waals surface area (Å²) >= 11 is 0. The first-order valence-corrected chi connectivity index (χ1v) is 7.11. The minimum Gasteiger partial charge on any atom is -0.399 e. The molecule has 0 fully saturated rings. The highest BCUT2D eigenvalue weighted by Crippen LogP contribution is 2.24. The molecule has 4 nitrogen and oxygen atoms in total. The fourth-order valence-corrected chi connectivity index (χ4v) is 2.19. The van der Waals surface area contributed by atoms with Gasteiger partial charge in [0.1, 0.15) is 0 Å². The van der Waals surface area contributed by atoms with Gasteiger partial charge in [-0.25, -0.2) is 0 Å². The molecule has 2 rings (SSSR count). The molecule has 0 bridgehead atoms. The van der Waals surface area contributed by atoms with Crippen molar-refractivity contribution in [1.29, 1.82) is 0 Å². The van der Waals surface area contributed by atoms with Gasteiger partial charge < -0.3 is 16.4 Å². The molecular formula is C17H21N3O. The van der Waals surface area contributed by atoms with Crippen molar-refractivity contribution in [2.75, 3.05) is 17.6 Å². The second-order valence-corrected chi connectivity index (χ2v) is 4.94. The zero-order valence-corrected chi connectivity index (χ0v) is 12.4. The number of hydrogen-bond donors (Lipinski definition) is 3. The third-order valence-corrected chi connectivity index (χ3v) is 3.30. The van der Waals surface area contributed by atoms with Crippen LogP contribution in [0, 0.1) is 0 Å². The summed E-state index contributed by atoms with van der Waals surface area (Å²) in [6.07, 6.45) is 0. The Hall–Kier alpha value is -2.49. The Labute approximate surface area is 125 Å². The van der Waals surface area contributed by atoms with Gasteiger partial charge in [-0.1, -0.05) is 30.3 Å². The normalized spacial score (nSPS) is 11.7. The summed E-state index contributed by atoms with van der Waals surface area (Å²) in [5, 5.41) is 6.18. The molecule has 2 aromatic rings. The van der Waals surface area contributed by atoms with Crippen LogP contribution in [0.3, 0.4) is 0 Å². The molecule has 1 amide bonds. The molecule has 1 atom stereocenters. The predicted molar refractivity (Wildman–Crippen MR) is 87.3 cm³/mol. The van der Waals surface area contributed by atoms with E-state index < -0.39 is 0 Å². The zero-order valence-electron chi connectivity index (χ0n) is 12.4. The zero-order chi connectivity index (χ0) is 15.2. The van der Waals surface area contributed by atoms with E-state index in [0.717, 1.165) is 11.3 Å². The van der Waals surface area contributed by atoms with Crippen molar-refractivity contribution < 1.29 is 4.79 Å². The molecular weight excluding hydrogens is 262 g/mol. The Morgan fingerprint density at radius 2 is 1.90 bits per heavy atom. The van der Waals surface area contributed by atoms with Crippen LogP contribution in [0.15, 0.2) is 48.5 Å². The lowest BCUT2D eigenvalue weighted by Gasteiger charge is -2.18. The lowest BCUT2D eigenvalue weighted by atomic mass is 10.1. The summed E-state index contributed by atoms with van der Waals surface area (Å²) in [6, 6.07) is 15.5. The summed E-state index contributed by atoms with van der Waals surface area (Å²) in [5.41, 5.74) is 8.89. The quantitative estimate of drug-likeness (QED) is 0.738. The van der Waals surface area contributed by atoms with Crippen molar-refractivity contribution in [2.45, 2.75) is 19.9 Å². The van der Waals surface area contributed by atoms with Gasteiger partial charge in [-0.05, 0) is 37.6 Å². The summed E-state index contributed by atoms with van der Waals surface area (Å²) in [5.74, 6) is -0.118. The molecule has 0 aliphatic rings. The van der Waals surface area contributed by atoms with E-state index in [9.17, 15) is 4.79 Å². The van der Waals surface area contributed by atoms with Crippen LogP contribution in [-0.4, -0.2) is 12.5 Å². The molecule has 21 heavy (non-hydrogen) atoms. The molecule has 4 N–H and O–H groups in total. The summed E-state index contributed by atoms with van der Waals surface area (Å²) in [7, 11) is 0. The second kappa shape index (κ2) is 6.79. The number of carbonyl (C=O) groups is 1. The summed E-state index contributed by atoms with van der Waals surface area (Å²) in [6.45, 7) is 4.54. The second-order valence-electron chi connectivity index (χ2n) is 4.94. The molecule has 0 saturated heterocycles. The van der Waals surface area contributed by atoms with Crippen LogP contribution in [0.5, 0.6) is 0 Å². The van der Waals surface area contributed by atoms with E-state index in [-0.39, 0.29) is 11.9 Å². The highest BCUT2D eigenvalue weighted by atomic mass is 16.1. The average Bonchev–Trinajstić information content (AvgIpc) is 2.50. The number of amides is 1. The predicted octanol–water partition coefficient (Wildman–Crippen LogP) is 3.19. The van der Waals surface area contributed by atoms with E-state index in [2.05, 4.69) is 29.7 Å². The van der Waals surface area contributed by atoms with Crippen molar-refractivity contribution in [3.05, 3.63) is 59.7 Å². The number of hydrogen-bond acceptors (Lipinski definition) is 3. The van der Waals surface area contributed by atoms with Gasteiger partial charge in [0, 0.05) is 24.0 Å². The number of benzene rings is 2.